The highest BCUT2D eigenvalue weighted by atomic mass is 16.4. The predicted molar refractivity (Wildman–Crippen MR) is 214 cm³/mol. The first kappa shape index (κ1) is 48.7. The molecule has 0 fully saturated rings. The molecule has 0 saturated heterocycles. The van der Waals surface area contributed by atoms with E-state index in [0.717, 1.165) is 51.4 Å². The third kappa shape index (κ3) is 20.2. The van der Waals surface area contributed by atoms with Gasteiger partial charge in [-0.3, -0.25) is 14.4 Å². The summed E-state index contributed by atoms with van der Waals surface area (Å²) in [6.45, 7) is 4.45. The minimum absolute atomic E-state index is 0.116. The quantitative estimate of drug-likeness (QED) is 0.0289. The number of rotatable bonds is 36. The highest BCUT2D eigenvalue weighted by molar-refractivity contribution is 6.03. The minimum atomic E-state index is -3.13. The van der Waals surface area contributed by atoms with E-state index in [9.17, 15) is 39.9 Å². The van der Waals surface area contributed by atoms with Gasteiger partial charge in [0.15, 0.2) is 46.7 Å². The summed E-state index contributed by atoms with van der Waals surface area (Å²) in [5, 5.41) is 53.4. The van der Waals surface area contributed by atoms with Gasteiger partial charge in [-0.15, -0.1) is 0 Å². The SMILES string of the molecule is CCCCCCCCCCCCCCCC(=O)C(O)C(O)(C(=O)C(N)Cc1ccc(O)c(O)c1)C(O)C(=O)CCCCCCCCCCCCCCC. The van der Waals surface area contributed by atoms with Crippen LogP contribution in [0.4, 0.5) is 0 Å². The van der Waals surface area contributed by atoms with Crippen molar-refractivity contribution in [2.75, 3.05) is 0 Å². The average molecular weight is 748 g/mol. The molecule has 0 radical (unpaired) electrons. The third-order valence-corrected chi connectivity index (χ3v) is 10.7. The fraction of sp³-hybridized carbons (Fsp3) is 0.795. The summed E-state index contributed by atoms with van der Waals surface area (Å²) < 4.78 is 0. The lowest BCUT2D eigenvalue weighted by molar-refractivity contribution is -0.182. The summed E-state index contributed by atoms with van der Waals surface area (Å²) in [6, 6.07) is 2.32. The van der Waals surface area contributed by atoms with Crippen LogP contribution < -0.4 is 5.73 Å². The van der Waals surface area contributed by atoms with E-state index in [1.807, 2.05) is 0 Å². The van der Waals surface area contributed by atoms with Crippen LogP contribution >= 0.6 is 0 Å². The Morgan fingerprint density at radius 3 is 1.19 bits per heavy atom. The molecular formula is C44H77NO8. The average Bonchev–Trinajstić information content (AvgIpc) is 3.15. The van der Waals surface area contributed by atoms with Crippen LogP contribution in [0.5, 0.6) is 11.5 Å². The second-order valence-corrected chi connectivity index (χ2v) is 15.5. The van der Waals surface area contributed by atoms with Crippen LogP contribution in [0.3, 0.4) is 0 Å². The second-order valence-electron chi connectivity index (χ2n) is 15.5. The van der Waals surface area contributed by atoms with Gasteiger partial charge in [0.25, 0.3) is 0 Å². The molecule has 0 aliphatic rings. The molecule has 53 heavy (non-hydrogen) atoms. The number of phenolic OH excluding ortho intramolecular Hbond substituents is 2. The lowest BCUT2D eigenvalue weighted by Gasteiger charge is -2.36. The first-order chi connectivity index (χ1) is 25.5. The van der Waals surface area contributed by atoms with Crippen molar-refractivity contribution in [3.8, 4) is 11.5 Å². The molecule has 0 aliphatic heterocycles. The molecule has 0 saturated carbocycles. The fourth-order valence-corrected chi connectivity index (χ4v) is 7.16. The maximum atomic E-state index is 13.7. The molecule has 9 nitrogen and oxygen atoms in total. The summed E-state index contributed by atoms with van der Waals surface area (Å²) in [7, 11) is 0. The van der Waals surface area contributed by atoms with Crippen LogP contribution in [0.1, 0.15) is 199 Å². The van der Waals surface area contributed by atoms with Crippen LogP contribution in [0.25, 0.3) is 0 Å². The topological polar surface area (TPSA) is 178 Å². The molecule has 306 valence electrons. The van der Waals surface area contributed by atoms with Crippen molar-refractivity contribution < 1.29 is 39.9 Å². The van der Waals surface area contributed by atoms with E-state index in [1.165, 1.54) is 121 Å². The smallest absolute Gasteiger partial charge is 0.190 e. The number of hydrogen-bond acceptors (Lipinski definition) is 9. The van der Waals surface area contributed by atoms with E-state index in [2.05, 4.69) is 13.8 Å². The molecule has 1 rings (SSSR count). The zero-order chi connectivity index (χ0) is 39.3. The number of aliphatic hydroxyl groups is 3. The van der Waals surface area contributed by atoms with Crippen molar-refractivity contribution in [2.45, 2.75) is 224 Å². The van der Waals surface area contributed by atoms with Gasteiger partial charge in [0, 0.05) is 12.8 Å². The van der Waals surface area contributed by atoms with Gasteiger partial charge in [0.1, 0.15) is 0 Å². The number of carbonyl (C=O) groups excluding carboxylic acids is 3. The molecule has 0 heterocycles. The molecule has 3 atom stereocenters. The normalized spacial score (nSPS) is 14.5. The van der Waals surface area contributed by atoms with E-state index in [-0.39, 0.29) is 25.0 Å². The highest BCUT2D eigenvalue weighted by Crippen LogP contribution is 2.28. The van der Waals surface area contributed by atoms with Crippen molar-refractivity contribution in [1.82, 2.24) is 0 Å². The first-order valence-electron chi connectivity index (χ1n) is 21.4. The number of aromatic hydroxyl groups is 2. The third-order valence-electron chi connectivity index (χ3n) is 10.7. The van der Waals surface area contributed by atoms with E-state index in [0.29, 0.717) is 18.4 Å². The number of carbonyl (C=O) groups is 3. The van der Waals surface area contributed by atoms with Gasteiger partial charge < -0.3 is 31.3 Å². The van der Waals surface area contributed by atoms with Crippen LogP contribution in [-0.2, 0) is 20.8 Å². The van der Waals surface area contributed by atoms with Crippen molar-refractivity contribution in [1.29, 1.82) is 0 Å². The van der Waals surface area contributed by atoms with Gasteiger partial charge in [-0.2, -0.15) is 0 Å². The van der Waals surface area contributed by atoms with Crippen LogP contribution in [-0.4, -0.2) is 66.7 Å². The molecule has 0 aromatic heterocycles. The molecular weight excluding hydrogens is 670 g/mol. The number of benzene rings is 1. The molecule has 0 amide bonds. The first-order valence-corrected chi connectivity index (χ1v) is 21.4. The van der Waals surface area contributed by atoms with E-state index in [4.69, 9.17) is 5.73 Å². The van der Waals surface area contributed by atoms with Gasteiger partial charge in [-0.1, -0.05) is 174 Å². The maximum Gasteiger partial charge on any atom is 0.190 e. The van der Waals surface area contributed by atoms with E-state index < -0.39 is 47.0 Å². The van der Waals surface area contributed by atoms with Crippen LogP contribution in [0.2, 0.25) is 0 Å². The number of unbranched alkanes of at least 4 members (excludes halogenated alkanes) is 24. The summed E-state index contributed by atoms with van der Waals surface area (Å²) in [6.07, 6.45) is 23.8. The summed E-state index contributed by atoms with van der Waals surface area (Å²) in [5.41, 5.74) is 3.36. The van der Waals surface area contributed by atoms with Crippen molar-refractivity contribution in [3.05, 3.63) is 23.8 Å². The van der Waals surface area contributed by atoms with Gasteiger partial charge in [0.05, 0.1) is 6.04 Å². The zero-order valence-electron chi connectivity index (χ0n) is 33.5. The zero-order valence-corrected chi connectivity index (χ0v) is 33.5. The summed E-state index contributed by atoms with van der Waals surface area (Å²) >= 11 is 0. The fourth-order valence-electron chi connectivity index (χ4n) is 7.16. The molecule has 3 unspecified atom stereocenters. The standard InChI is InChI=1S/C44H77NO8/c1-3-5-7-9-11-13-15-17-19-21-23-25-27-29-38(47)42(51)44(53,41(50)36(45)33-35-31-32-37(46)40(49)34-35)43(52)39(48)30-28-26-24-22-20-18-16-14-12-10-8-6-4-2/h31-32,34,36,42-43,46,49,51-53H,3-30,33,45H2,1-2H3. The molecule has 0 aliphatic carbocycles. The number of ketones is 3. The largest absolute Gasteiger partial charge is 0.504 e. The Morgan fingerprint density at radius 2 is 0.868 bits per heavy atom. The summed E-state index contributed by atoms with van der Waals surface area (Å²) in [4.78, 5) is 40.0. The van der Waals surface area contributed by atoms with Gasteiger partial charge in [-0.05, 0) is 37.0 Å². The summed E-state index contributed by atoms with van der Waals surface area (Å²) in [5.74, 6) is -3.69. The van der Waals surface area contributed by atoms with Gasteiger partial charge >= 0.3 is 0 Å². The number of phenols is 2. The maximum absolute atomic E-state index is 13.7. The van der Waals surface area contributed by atoms with Crippen LogP contribution in [0.15, 0.2) is 18.2 Å². The lowest BCUT2D eigenvalue weighted by atomic mass is 9.77. The van der Waals surface area contributed by atoms with E-state index >= 15 is 0 Å². The molecule has 1 aromatic rings. The Labute approximate surface area is 321 Å². The Balaban J connectivity index is 2.67. The Kier molecular flexibility index (Phi) is 27.5. The Hall–Kier alpha value is -2.33. The van der Waals surface area contributed by atoms with Crippen molar-refractivity contribution >= 4 is 17.3 Å². The van der Waals surface area contributed by atoms with Gasteiger partial charge in [-0.25, -0.2) is 0 Å². The molecule has 0 bridgehead atoms. The highest BCUT2D eigenvalue weighted by Gasteiger charge is 2.55. The number of Topliss-reactive ketones (excluding diaryl/α,β-unsaturated/α-hetero) is 3. The number of hydrogen-bond donors (Lipinski definition) is 6. The van der Waals surface area contributed by atoms with Crippen molar-refractivity contribution in [3.63, 3.8) is 0 Å². The Morgan fingerprint density at radius 1 is 0.547 bits per heavy atom. The lowest BCUT2D eigenvalue weighted by Crippen LogP contribution is -2.66. The van der Waals surface area contributed by atoms with E-state index in [1.54, 1.807) is 0 Å². The van der Waals surface area contributed by atoms with Gasteiger partial charge in [0.2, 0.25) is 0 Å². The monoisotopic (exact) mass is 748 g/mol. The van der Waals surface area contributed by atoms with Crippen LogP contribution in [0, 0.1) is 0 Å². The Bertz CT molecular complexity index is 1080. The number of aliphatic hydroxyl groups excluding tert-OH is 2. The molecule has 1 aromatic carbocycles. The van der Waals surface area contributed by atoms with Crippen molar-refractivity contribution in [2.24, 2.45) is 5.73 Å². The second kappa shape index (κ2) is 30.0. The predicted octanol–water partition coefficient (Wildman–Crippen LogP) is 9.09. The molecule has 0 spiro atoms. The minimum Gasteiger partial charge on any atom is -0.504 e. The number of nitrogens with two attached hydrogens (primary N) is 1. The molecule has 9 heteroatoms. The molecule has 7 N–H and O–H groups in total.